The lowest BCUT2D eigenvalue weighted by atomic mass is 10.1. The molecule has 0 radical (unpaired) electrons. The fourth-order valence-electron chi connectivity index (χ4n) is 1.40. The number of fused-ring (bicyclic) bond motifs is 1. The molecule has 0 spiro atoms. The lowest BCUT2D eigenvalue weighted by Gasteiger charge is -2.06. The van der Waals surface area contributed by atoms with Gasteiger partial charge in [-0.25, -0.2) is 4.79 Å². The number of benzene rings is 1. The van der Waals surface area contributed by atoms with E-state index in [1.807, 2.05) is 0 Å². The third kappa shape index (κ3) is 1.56. The number of aromatic carboxylic acids is 1. The van der Waals surface area contributed by atoms with Gasteiger partial charge in [0.1, 0.15) is 5.56 Å². The number of hydrogen-bond acceptors (Lipinski definition) is 3. The Morgan fingerprint density at radius 3 is 2.69 bits per heavy atom. The van der Waals surface area contributed by atoms with Crippen LogP contribution >= 0.6 is 23.2 Å². The second kappa shape index (κ2) is 3.81. The molecule has 0 fully saturated rings. The molecule has 0 amide bonds. The van der Waals surface area contributed by atoms with Crippen molar-refractivity contribution in [3.8, 4) is 0 Å². The number of carboxylic acid groups (broad SMARTS) is 1. The van der Waals surface area contributed by atoms with Gasteiger partial charge in [-0.05, 0) is 12.1 Å². The van der Waals surface area contributed by atoms with E-state index in [1.54, 1.807) is 12.1 Å². The minimum absolute atomic E-state index is 0.0501. The minimum atomic E-state index is -1.13. The Balaban J connectivity index is 2.87. The second-order valence-electron chi connectivity index (χ2n) is 3.15. The molecule has 0 saturated carbocycles. The summed E-state index contributed by atoms with van der Waals surface area (Å²) in [6, 6.07) is 3.15. The summed E-state index contributed by atoms with van der Waals surface area (Å²) in [5.41, 5.74) is 6.20. The molecule has 1 aromatic carbocycles. The fraction of sp³-hybridized carbons (Fsp3) is 0. The number of nitrogens with two attached hydrogens (primary N) is 1. The highest BCUT2D eigenvalue weighted by Crippen LogP contribution is 2.33. The van der Waals surface area contributed by atoms with Crippen LogP contribution in [-0.4, -0.2) is 16.1 Å². The standard InChI is InChI=1S/C10H6Cl2N2O2/c11-6-2-1-4-8(13)5(10(15)16)3-14-9(4)7(6)12/h1-3H,(H2,13,14)(H,15,16). The average Bonchev–Trinajstić information content (AvgIpc) is 2.23. The first-order valence-corrected chi connectivity index (χ1v) is 5.03. The van der Waals surface area contributed by atoms with E-state index in [2.05, 4.69) is 4.98 Å². The monoisotopic (exact) mass is 256 g/mol. The smallest absolute Gasteiger partial charge is 0.339 e. The van der Waals surface area contributed by atoms with Crippen molar-refractivity contribution in [3.63, 3.8) is 0 Å². The number of rotatable bonds is 1. The van der Waals surface area contributed by atoms with Crippen molar-refractivity contribution in [3.05, 3.63) is 33.9 Å². The number of carbonyl (C=O) groups is 1. The molecule has 16 heavy (non-hydrogen) atoms. The largest absolute Gasteiger partial charge is 0.478 e. The van der Waals surface area contributed by atoms with Crippen molar-refractivity contribution in [1.82, 2.24) is 4.98 Å². The molecule has 0 unspecified atom stereocenters. The van der Waals surface area contributed by atoms with Gasteiger partial charge in [0.05, 0.1) is 21.2 Å². The van der Waals surface area contributed by atoms with Gasteiger partial charge in [-0.1, -0.05) is 23.2 Å². The highest BCUT2D eigenvalue weighted by atomic mass is 35.5. The number of hydrogen-bond donors (Lipinski definition) is 2. The number of nitrogen functional groups attached to an aromatic ring is 1. The Hall–Kier alpha value is -1.52. The Labute approximate surface area is 101 Å². The molecule has 0 saturated heterocycles. The lowest BCUT2D eigenvalue weighted by Crippen LogP contribution is -2.04. The zero-order chi connectivity index (χ0) is 11.9. The molecule has 0 aliphatic rings. The van der Waals surface area contributed by atoms with E-state index < -0.39 is 5.97 Å². The van der Waals surface area contributed by atoms with Crippen LogP contribution in [0.15, 0.2) is 18.3 Å². The maximum absolute atomic E-state index is 10.8. The summed E-state index contributed by atoms with van der Waals surface area (Å²) in [6.45, 7) is 0. The van der Waals surface area contributed by atoms with Gasteiger partial charge in [0.2, 0.25) is 0 Å². The first-order valence-electron chi connectivity index (χ1n) is 4.28. The second-order valence-corrected chi connectivity index (χ2v) is 3.93. The molecule has 2 aromatic rings. The summed E-state index contributed by atoms with van der Waals surface area (Å²) in [7, 11) is 0. The van der Waals surface area contributed by atoms with Gasteiger partial charge >= 0.3 is 5.97 Å². The third-order valence-electron chi connectivity index (χ3n) is 2.20. The van der Waals surface area contributed by atoms with Crippen molar-refractivity contribution in [2.75, 3.05) is 5.73 Å². The van der Waals surface area contributed by atoms with E-state index in [0.717, 1.165) is 0 Å². The van der Waals surface area contributed by atoms with Crippen LogP contribution in [0, 0.1) is 0 Å². The maximum Gasteiger partial charge on any atom is 0.339 e. The lowest BCUT2D eigenvalue weighted by molar-refractivity contribution is 0.0698. The normalized spacial score (nSPS) is 10.6. The quantitative estimate of drug-likeness (QED) is 0.823. The van der Waals surface area contributed by atoms with Crippen LogP contribution in [-0.2, 0) is 0 Å². The van der Waals surface area contributed by atoms with Gasteiger partial charge in [-0.2, -0.15) is 0 Å². The first-order chi connectivity index (χ1) is 7.52. The van der Waals surface area contributed by atoms with Gasteiger partial charge in [-0.3, -0.25) is 4.98 Å². The van der Waals surface area contributed by atoms with Crippen molar-refractivity contribution >= 4 is 45.8 Å². The SMILES string of the molecule is Nc1c(C(=O)O)cnc2c(Cl)c(Cl)ccc12. The summed E-state index contributed by atoms with van der Waals surface area (Å²) in [6.07, 6.45) is 1.17. The van der Waals surface area contributed by atoms with E-state index in [0.29, 0.717) is 15.9 Å². The van der Waals surface area contributed by atoms with Gasteiger partial charge in [-0.15, -0.1) is 0 Å². The van der Waals surface area contributed by atoms with Crippen LogP contribution < -0.4 is 5.73 Å². The van der Waals surface area contributed by atoms with E-state index in [9.17, 15) is 4.79 Å². The summed E-state index contributed by atoms with van der Waals surface area (Å²) in [5, 5.41) is 9.97. The van der Waals surface area contributed by atoms with Gasteiger partial charge < -0.3 is 10.8 Å². The predicted octanol–water partition coefficient (Wildman–Crippen LogP) is 2.82. The molecule has 1 aromatic heterocycles. The van der Waals surface area contributed by atoms with E-state index in [4.69, 9.17) is 34.0 Å². The summed E-state index contributed by atoms with van der Waals surface area (Å²) in [4.78, 5) is 14.8. The zero-order valence-corrected chi connectivity index (χ0v) is 9.38. The Bertz CT molecular complexity index is 599. The van der Waals surface area contributed by atoms with Crippen molar-refractivity contribution in [2.45, 2.75) is 0 Å². The summed E-state index contributed by atoms with van der Waals surface area (Å²) >= 11 is 11.7. The van der Waals surface area contributed by atoms with E-state index in [1.165, 1.54) is 6.20 Å². The maximum atomic E-state index is 10.8. The molecule has 0 aliphatic heterocycles. The summed E-state index contributed by atoms with van der Waals surface area (Å²) in [5.74, 6) is -1.13. The number of nitrogens with zero attached hydrogens (tertiary/aromatic N) is 1. The molecule has 6 heteroatoms. The van der Waals surface area contributed by atoms with Crippen LogP contribution in [0.5, 0.6) is 0 Å². The molecule has 3 N–H and O–H groups in total. The Morgan fingerprint density at radius 2 is 2.06 bits per heavy atom. The van der Waals surface area contributed by atoms with Gasteiger partial charge in [0.25, 0.3) is 0 Å². The molecular formula is C10H6Cl2N2O2. The molecule has 0 aliphatic carbocycles. The average molecular weight is 257 g/mol. The molecule has 82 valence electrons. The highest BCUT2D eigenvalue weighted by molar-refractivity contribution is 6.45. The van der Waals surface area contributed by atoms with Gasteiger partial charge in [0, 0.05) is 11.6 Å². The molecule has 2 rings (SSSR count). The number of aromatic nitrogens is 1. The van der Waals surface area contributed by atoms with Gasteiger partial charge in [0.15, 0.2) is 0 Å². The highest BCUT2D eigenvalue weighted by Gasteiger charge is 2.14. The topological polar surface area (TPSA) is 76.2 Å². The van der Waals surface area contributed by atoms with Crippen LogP contribution in [0.4, 0.5) is 5.69 Å². The van der Waals surface area contributed by atoms with Crippen molar-refractivity contribution in [1.29, 1.82) is 0 Å². The molecule has 0 atom stereocenters. The third-order valence-corrected chi connectivity index (χ3v) is 3.00. The Kier molecular flexibility index (Phi) is 2.61. The van der Waals surface area contributed by atoms with Crippen molar-refractivity contribution < 1.29 is 9.90 Å². The Morgan fingerprint density at radius 1 is 1.38 bits per heavy atom. The molecule has 0 bridgehead atoms. The van der Waals surface area contributed by atoms with E-state index >= 15 is 0 Å². The number of pyridine rings is 1. The van der Waals surface area contributed by atoms with Crippen LogP contribution in [0.1, 0.15) is 10.4 Å². The first kappa shape index (κ1) is 11.0. The number of halogens is 2. The number of anilines is 1. The number of carboxylic acids is 1. The molecular weight excluding hydrogens is 251 g/mol. The van der Waals surface area contributed by atoms with Crippen LogP contribution in [0.3, 0.4) is 0 Å². The minimum Gasteiger partial charge on any atom is -0.478 e. The van der Waals surface area contributed by atoms with Crippen LogP contribution in [0.2, 0.25) is 10.0 Å². The van der Waals surface area contributed by atoms with Crippen LogP contribution in [0.25, 0.3) is 10.9 Å². The van der Waals surface area contributed by atoms with Crippen molar-refractivity contribution in [2.24, 2.45) is 0 Å². The van der Waals surface area contributed by atoms with E-state index in [-0.39, 0.29) is 16.3 Å². The zero-order valence-electron chi connectivity index (χ0n) is 7.87. The summed E-state index contributed by atoms with van der Waals surface area (Å²) < 4.78 is 0. The fourth-order valence-corrected chi connectivity index (χ4v) is 1.76. The molecule has 1 heterocycles. The predicted molar refractivity (Wildman–Crippen MR) is 63.1 cm³/mol. The molecule has 4 nitrogen and oxygen atoms in total.